The number of halogens is 1. The Balaban J connectivity index is 1.64. The number of hydrogen-bond acceptors (Lipinski definition) is 7. The monoisotopic (exact) mass is 480 g/mol. The molecule has 1 aliphatic rings. The number of amides is 1. The lowest BCUT2D eigenvalue weighted by molar-refractivity contribution is 0.0964. The Morgan fingerprint density at radius 2 is 1.85 bits per heavy atom. The molecule has 0 saturated heterocycles. The summed E-state index contributed by atoms with van der Waals surface area (Å²) in [7, 11) is 3.30. The van der Waals surface area contributed by atoms with E-state index < -0.39 is 0 Å². The third-order valence-electron chi connectivity index (χ3n) is 6.05. The highest BCUT2D eigenvalue weighted by molar-refractivity contribution is 6.33. The molecule has 3 aromatic rings. The molecule has 34 heavy (non-hydrogen) atoms. The van der Waals surface area contributed by atoms with Gasteiger partial charge in [-0.15, -0.1) is 0 Å². The van der Waals surface area contributed by atoms with Crippen LogP contribution in [0.5, 0.6) is 5.75 Å². The zero-order chi connectivity index (χ0) is 24.1. The molecule has 0 atom stereocenters. The number of methoxy groups -OCH3 is 1. The van der Waals surface area contributed by atoms with Crippen LogP contribution >= 0.6 is 11.6 Å². The average molecular weight is 481 g/mol. The molecule has 0 saturated carbocycles. The van der Waals surface area contributed by atoms with Crippen LogP contribution in [-0.2, 0) is 12.8 Å². The van der Waals surface area contributed by atoms with Crippen molar-refractivity contribution in [2.24, 2.45) is 0 Å². The van der Waals surface area contributed by atoms with Crippen molar-refractivity contribution in [3.8, 4) is 5.75 Å². The van der Waals surface area contributed by atoms with Crippen molar-refractivity contribution in [3.63, 3.8) is 0 Å². The number of fused-ring (bicyclic) bond motifs is 1. The lowest BCUT2D eigenvalue weighted by Crippen LogP contribution is -2.25. The van der Waals surface area contributed by atoms with Gasteiger partial charge in [-0.3, -0.25) is 4.79 Å². The largest absolute Gasteiger partial charge is 0.496 e. The fraction of sp³-hybridized carbons (Fsp3) is 0.320. The SMILES string of the molecule is CCN1CCc2c(Nc3ncc(Cl)c(Nc4ccccc4C(=O)NC)n3)ccc(OC)c2CC1. The first-order chi connectivity index (χ1) is 16.5. The van der Waals surface area contributed by atoms with Gasteiger partial charge in [0.05, 0.1) is 24.6 Å². The maximum Gasteiger partial charge on any atom is 0.253 e. The van der Waals surface area contributed by atoms with Crippen LogP contribution in [0.15, 0.2) is 42.6 Å². The highest BCUT2D eigenvalue weighted by atomic mass is 35.5. The molecule has 8 nitrogen and oxygen atoms in total. The summed E-state index contributed by atoms with van der Waals surface area (Å²) in [4.78, 5) is 23.7. The third kappa shape index (κ3) is 5.08. The molecule has 0 unspecified atom stereocenters. The van der Waals surface area contributed by atoms with Gasteiger partial charge in [-0.1, -0.05) is 30.7 Å². The van der Waals surface area contributed by atoms with E-state index in [1.54, 1.807) is 38.6 Å². The minimum absolute atomic E-state index is 0.200. The van der Waals surface area contributed by atoms with Gasteiger partial charge >= 0.3 is 0 Å². The Labute approximate surface area is 204 Å². The summed E-state index contributed by atoms with van der Waals surface area (Å²) in [6.07, 6.45) is 3.37. The first kappa shape index (κ1) is 23.8. The lowest BCUT2D eigenvalue weighted by Gasteiger charge is -2.17. The molecule has 0 bridgehead atoms. The normalized spacial score (nSPS) is 13.5. The van der Waals surface area contributed by atoms with E-state index in [-0.39, 0.29) is 5.91 Å². The zero-order valence-electron chi connectivity index (χ0n) is 19.6. The molecule has 4 rings (SSSR count). The summed E-state index contributed by atoms with van der Waals surface area (Å²) < 4.78 is 5.65. The Bertz CT molecular complexity index is 1190. The van der Waals surface area contributed by atoms with E-state index in [2.05, 4.69) is 37.7 Å². The number of para-hydroxylation sites is 1. The molecule has 0 aliphatic carbocycles. The van der Waals surface area contributed by atoms with Crippen molar-refractivity contribution in [1.29, 1.82) is 0 Å². The summed E-state index contributed by atoms with van der Waals surface area (Å²) in [6.45, 7) is 5.19. The molecule has 3 N–H and O–H groups in total. The Morgan fingerprint density at radius 1 is 1.09 bits per heavy atom. The van der Waals surface area contributed by atoms with Gasteiger partial charge in [-0.05, 0) is 49.2 Å². The topological polar surface area (TPSA) is 91.4 Å². The van der Waals surface area contributed by atoms with Crippen LogP contribution < -0.4 is 20.7 Å². The highest BCUT2D eigenvalue weighted by Gasteiger charge is 2.20. The average Bonchev–Trinajstić information content (AvgIpc) is 3.09. The van der Waals surface area contributed by atoms with Crippen molar-refractivity contribution < 1.29 is 9.53 Å². The minimum atomic E-state index is -0.200. The van der Waals surface area contributed by atoms with Gasteiger partial charge in [0.15, 0.2) is 5.82 Å². The number of benzene rings is 2. The third-order valence-corrected chi connectivity index (χ3v) is 6.33. The second-order valence-electron chi connectivity index (χ2n) is 7.97. The van der Waals surface area contributed by atoms with Crippen LogP contribution in [0.2, 0.25) is 5.02 Å². The molecule has 2 heterocycles. The van der Waals surface area contributed by atoms with Gasteiger partial charge in [-0.2, -0.15) is 4.98 Å². The number of nitrogens with zero attached hydrogens (tertiary/aromatic N) is 3. The van der Waals surface area contributed by atoms with Crippen molar-refractivity contribution in [1.82, 2.24) is 20.2 Å². The molecular formula is C25H29ClN6O2. The van der Waals surface area contributed by atoms with Crippen molar-refractivity contribution in [2.75, 3.05) is 44.4 Å². The van der Waals surface area contributed by atoms with Gasteiger partial charge in [-0.25, -0.2) is 4.98 Å². The molecule has 0 radical (unpaired) electrons. The summed E-state index contributed by atoms with van der Waals surface area (Å²) in [5, 5.41) is 9.54. The lowest BCUT2D eigenvalue weighted by atomic mass is 9.99. The number of carbonyl (C=O) groups is 1. The Hall–Kier alpha value is -3.36. The molecular weight excluding hydrogens is 452 g/mol. The summed E-state index contributed by atoms with van der Waals surface area (Å²) >= 11 is 6.39. The molecule has 1 aliphatic heterocycles. The van der Waals surface area contributed by atoms with Crippen molar-refractivity contribution >= 4 is 40.6 Å². The molecule has 0 spiro atoms. The van der Waals surface area contributed by atoms with Gasteiger partial charge in [0, 0.05) is 31.4 Å². The second-order valence-corrected chi connectivity index (χ2v) is 8.38. The Kier molecular flexibility index (Phi) is 7.49. The highest BCUT2D eigenvalue weighted by Crippen LogP contribution is 2.34. The quantitative estimate of drug-likeness (QED) is 0.461. The van der Waals surface area contributed by atoms with Crippen LogP contribution in [-0.4, -0.2) is 54.6 Å². The van der Waals surface area contributed by atoms with Crippen LogP contribution in [0.4, 0.5) is 23.1 Å². The molecule has 0 fully saturated rings. The number of rotatable bonds is 7. The van der Waals surface area contributed by atoms with E-state index in [9.17, 15) is 4.79 Å². The molecule has 1 amide bonds. The van der Waals surface area contributed by atoms with E-state index in [0.717, 1.165) is 43.9 Å². The minimum Gasteiger partial charge on any atom is -0.496 e. The fourth-order valence-electron chi connectivity index (χ4n) is 4.20. The van der Waals surface area contributed by atoms with E-state index >= 15 is 0 Å². The van der Waals surface area contributed by atoms with E-state index in [1.165, 1.54) is 11.1 Å². The van der Waals surface area contributed by atoms with Crippen LogP contribution in [0.1, 0.15) is 28.4 Å². The summed E-state index contributed by atoms with van der Waals surface area (Å²) in [6, 6.07) is 11.2. The van der Waals surface area contributed by atoms with Gasteiger partial charge < -0.3 is 25.6 Å². The Morgan fingerprint density at radius 3 is 2.59 bits per heavy atom. The predicted molar refractivity (Wildman–Crippen MR) is 136 cm³/mol. The zero-order valence-corrected chi connectivity index (χ0v) is 20.4. The van der Waals surface area contributed by atoms with Crippen molar-refractivity contribution in [3.05, 3.63) is 64.3 Å². The smallest absolute Gasteiger partial charge is 0.253 e. The first-order valence-corrected chi connectivity index (χ1v) is 11.7. The van der Waals surface area contributed by atoms with E-state index in [0.29, 0.717) is 28.0 Å². The summed E-state index contributed by atoms with van der Waals surface area (Å²) in [5.41, 5.74) is 4.48. The number of carbonyl (C=O) groups excluding carboxylic acids is 1. The number of nitrogens with one attached hydrogen (secondary N) is 3. The molecule has 9 heteroatoms. The van der Waals surface area contributed by atoms with Gasteiger partial charge in [0.1, 0.15) is 10.8 Å². The predicted octanol–water partition coefficient (Wildman–Crippen LogP) is 4.41. The number of hydrogen-bond donors (Lipinski definition) is 3. The number of ether oxygens (including phenoxy) is 1. The van der Waals surface area contributed by atoms with Crippen LogP contribution in [0.3, 0.4) is 0 Å². The number of aromatic nitrogens is 2. The van der Waals surface area contributed by atoms with E-state index in [1.807, 2.05) is 18.2 Å². The number of anilines is 4. The van der Waals surface area contributed by atoms with Gasteiger partial charge in [0.25, 0.3) is 5.91 Å². The number of likely N-dealkylation sites (N-methyl/N-ethyl adjacent to an activating group) is 1. The summed E-state index contributed by atoms with van der Waals surface area (Å²) in [5.74, 6) is 1.53. The van der Waals surface area contributed by atoms with E-state index in [4.69, 9.17) is 16.3 Å². The van der Waals surface area contributed by atoms with Crippen molar-refractivity contribution in [2.45, 2.75) is 19.8 Å². The van der Waals surface area contributed by atoms with Crippen LogP contribution in [0, 0.1) is 0 Å². The van der Waals surface area contributed by atoms with Crippen LogP contribution in [0.25, 0.3) is 0 Å². The molecule has 1 aromatic heterocycles. The first-order valence-electron chi connectivity index (χ1n) is 11.3. The van der Waals surface area contributed by atoms with Gasteiger partial charge in [0.2, 0.25) is 5.95 Å². The molecule has 2 aromatic carbocycles. The maximum absolute atomic E-state index is 12.2. The molecule has 178 valence electrons. The second kappa shape index (κ2) is 10.7. The standard InChI is InChI=1S/C25H29ClN6O2/c1-4-32-13-11-16-17(12-14-32)22(34-3)10-9-21(16)30-25-28-15-19(26)23(31-25)29-20-8-6-5-7-18(20)24(33)27-2/h5-10,15H,4,11-14H2,1-3H3,(H,27,33)(H2,28,29,30,31). The fourth-order valence-corrected chi connectivity index (χ4v) is 4.33. The maximum atomic E-state index is 12.2.